The van der Waals surface area contributed by atoms with E-state index in [1.807, 2.05) is 12.1 Å². The van der Waals surface area contributed by atoms with E-state index in [1.54, 1.807) is 0 Å². The highest BCUT2D eigenvalue weighted by molar-refractivity contribution is 4.76. The lowest BCUT2D eigenvalue weighted by molar-refractivity contribution is 0.221. The van der Waals surface area contributed by atoms with Gasteiger partial charge in [-0.2, -0.15) is 5.06 Å². The van der Waals surface area contributed by atoms with Crippen molar-refractivity contribution in [1.29, 1.82) is 0 Å². The van der Waals surface area contributed by atoms with Crippen LogP contribution in [-0.4, -0.2) is 17.8 Å². The number of nitrogens with zero attached hydrogens (tertiary/aromatic N) is 1. The van der Waals surface area contributed by atoms with Gasteiger partial charge >= 0.3 is 0 Å². The van der Waals surface area contributed by atoms with Crippen molar-refractivity contribution in [3.05, 3.63) is 0 Å². The summed E-state index contributed by atoms with van der Waals surface area (Å²) < 4.78 is 0. The van der Waals surface area contributed by atoms with Crippen molar-refractivity contribution in [3.63, 3.8) is 0 Å². The predicted molar refractivity (Wildman–Crippen MR) is 27.5 cm³/mol. The van der Waals surface area contributed by atoms with Gasteiger partial charge in [0.2, 0.25) is 0 Å². The lowest BCUT2D eigenvalue weighted by Gasteiger charge is -1.93. The molecule has 1 heterocycles. The van der Waals surface area contributed by atoms with Crippen LogP contribution in [0.1, 0.15) is 20.3 Å². The maximum Gasteiger partial charge on any atom is 0.161 e. The van der Waals surface area contributed by atoms with Gasteiger partial charge in [0.25, 0.3) is 0 Å². The molecule has 42 valence electrons. The molecule has 0 spiro atoms. The molecule has 0 radical (unpaired) electrons. The Hall–Kier alpha value is -0.0800. The summed E-state index contributed by atoms with van der Waals surface area (Å²) in [4.78, 5) is 5.09. The van der Waals surface area contributed by atoms with Crippen LogP contribution in [0.3, 0.4) is 0 Å². The summed E-state index contributed by atoms with van der Waals surface area (Å²) in [7, 11) is 1.95. The SMILES string of the molecule is CCC1(C)ON1C. The molecule has 0 aliphatic carbocycles. The van der Waals surface area contributed by atoms with Crippen molar-refractivity contribution >= 4 is 0 Å². The standard InChI is InChI=1S/C5H11NO/c1-4-5(2)6(3)7-5/h4H2,1-3H3. The largest absolute Gasteiger partial charge is 0.272 e. The molecule has 0 aromatic rings. The monoisotopic (exact) mass is 101 g/mol. The highest BCUT2D eigenvalue weighted by Gasteiger charge is 2.45. The fourth-order valence-electron chi connectivity index (χ4n) is 0.562. The van der Waals surface area contributed by atoms with E-state index in [0.717, 1.165) is 6.42 Å². The lowest BCUT2D eigenvalue weighted by Crippen LogP contribution is -2.07. The Morgan fingerprint density at radius 3 is 2.14 bits per heavy atom. The Kier molecular flexibility index (Phi) is 0.869. The second-order valence-electron chi connectivity index (χ2n) is 2.12. The molecule has 0 saturated carbocycles. The molecule has 2 heteroatoms. The zero-order valence-electron chi connectivity index (χ0n) is 5.06. The Labute approximate surface area is 44.0 Å². The summed E-state index contributed by atoms with van der Waals surface area (Å²) in [5.74, 6) is 0. The van der Waals surface area contributed by atoms with Crippen LogP contribution >= 0.6 is 0 Å². The quantitative estimate of drug-likeness (QED) is 0.458. The van der Waals surface area contributed by atoms with Crippen molar-refractivity contribution < 1.29 is 4.84 Å². The van der Waals surface area contributed by atoms with Crippen molar-refractivity contribution in [3.8, 4) is 0 Å². The van der Waals surface area contributed by atoms with E-state index in [-0.39, 0.29) is 5.72 Å². The molecule has 1 fully saturated rings. The summed E-state index contributed by atoms with van der Waals surface area (Å²) in [6.07, 6.45) is 1.07. The minimum atomic E-state index is 0.0833. The van der Waals surface area contributed by atoms with Crippen LogP contribution in [0.5, 0.6) is 0 Å². The molecule has 1 rings (SSSR count). The van der Waals surface area contributed by atoms with E-state index in [0.29, 0.717) is 0 Å². The molecular formula is C5H11NO. The molecule has 0 amide bonds. The zero-order chi connectivity index (χ0) is 5.49. The zero-order valence-corrected chi connectivity index (χ0v) is 5.06. The third-order valence-corrected chi connectivity index (χ3v) is 1.62. The van der Waals surface area contributed by atoms with Crippen LogP contribution in [0.4, 0.5) is 0 Å². The van der Waals surface area contributed by atoms with E-state index in [1.165, 1.54) is 0 Å². The van der Waals surface area contributed by atoms with Gasteiger partial charge in [-0.15, -0.1) is 0 Å². The first-order valence-corrected chi connectivity index (χ1v) is 2.62. The Morgan fingerprint density at radius 2 is 2.14 bits per heavy atom. The first kappa shape index (κ1) is 5.06. The normalized spacial score (nSPS) is 49.3. The summed E-state index contributed by atoms with van der Waals surface area (Å²) in [5, 5.41) is 1.87. The Bertz CT molecular complexity index is 80.1. The Balaban J connectivity index is 2.36. The van der Waals surface area contributed by atoms with Gasteiger partial charge in [0.05, 0.1) is 0 Å². The van der Waals surface area contributed by atoms with E-state index < -0.39 is 0 Å². The van der Waals surface area contributed by atoms with E-state index in [4.69, 9.17) is 4.84 Å². The lowest BCUT2D eigenvalue weighted by atomic mass is 10.2. The van der Waals surface area contributed by atoms with Crippen LogP contribution < -0.4 is 0 Å². The van der Waals surface area contributed by atoms with Crippen molar-refractivity contribution in [2.75, 3.05) is 7.05 Å². The first-order valence-electron chi connectivity index (χ1n) is 2.62. The molecule has 0 aromatic heterocycles. The topological polar surface area (TPSA) is 15.5 Å². The van der Waals surface area contributed by atoms with Crippen molar-refractivity contribution in [2.45, 2.75) is 26.0 Å². The third-order valence-electron chi connectivity index (χ3n) is 1.62. The number of hydroxylamine groups is 2. The van der Waals surface area contributed by atoms with E-state index >= 15 is 0 Å². The second-order valence-corrected chi connectivity index (χ2v) is 2.12. The summed E-state index contributed by atoms with van der Waals surface area (Å²) >= 11 is 0. The molecule has 1 aliphatic rings. The fourth-order valence-corrected chi connectivity index (χ4v) is 0.562. The van der Waals surface area contributed by atoms with Crippen LogP contribution in [-0.2, 0) is 4.84 Å². The van der Waals surface area contributed by atoms with Gasteiger partial charge in [-0.05, 0) is 13.3 Å². The molecule has 1 aliphatic heterocycles. The smallest absolute Gasteiger partial charge is 0.161 e. The summed E-state index contributed by atoms with van der Waals surface area (Å²) in [6.45, 7) is 4.19. The van der Waals surface area contributed by atoms with Crippen LogP contribution in [0.2, 0.25) is 0 Å². The average Bonchev–Trinajstić information content (AvgIpc) is 2.18. The minimum absolute atomic E-state index is 0.0833. The number of rotatable bonds is 1. The predicted octanol–water partition coefficient (Wildman–Crippen LogP) is 0.990. The van der Waals surface area contributed by atoms with Crippen LogP contribution in [0.15, 0.2) is 0 Å². The Morgan fingerprint density at radius 1 is 1.71 bits per heavy atom. The summed E-state index contributed by atoms with van der Waals surface area (Å²) in [6, 6.07) is 0. The van der Waals surface area contributed by atoms with Crippen LogP contribution in [0, 0.1) is 0 Å². The van der Waals surface area contributed by atoms with Gasteiger partial charge in [0.1, 0.15) is 0 Å². The van der Waals surface area contributed by atoms with Crippen molar-refractivity contribution in [2.24, 2.45) is 0 Å². The summed E-state index contributed by atoms with van der Waals surface area (Å²) in [5.41, 5.74) is 0.0833. The average molecular weight is 101 g/mol. The molecule has 0 N–H and O–H groups in total. The number of hydrogen-bond acceptors (Lipinski definition) is 2. The van der Waals surface area contributed by atoms with Gasteiger partial charge < -0.3 is 0 Å². The van der Waals surface area contributed by atoms with Gasteiger partial charge in [0, 0.05) is 7.05 Å². The van der Waals surface area contributed by atoms with Gasteiger partial charge in [-0.3, -0.25) is 4.84 Å². The first-order chi connectivity index (χ1) is 3.19. The second kappa shape index (κ2) is 1.20. The molecule has 2 unspecified atom stereocenters. The highest BCUT2D eigenvalue weighted by Crippen LogP contribution is 2.34. The van der Waals surface area contributed by atoms with Crippen molar-refractivity contribution in [1.82, 2.24) is 5.06 Å². The van der Waals surface area contributed by atoms with Crippen LogP contribution in [0.25, 0.3) is 0 Å². The van der Waals surface area contributed by atoms with E-state index in [2.05, 4.69) is 13.8 Å². The molecular weight excluding hydrogens is 90.1 g/mol. The third kappa shape index (κ3) is 0.640. The highest BCUT2D eigenvalue weighted by atomic mass is 16.9. The molecule has 0 bridgehead atoms. The van der Waals surface area contributed by atoms with Gasteiger partial charge in [-0.1, -0.05) is 6.92 Å². The minimum Gasteiger partial charge on any atom is -0.272 e. The maximum atomic E-state index is 5.09. The molecule has 7 heavy (non-hydrogen) atoms. The molecule has 1 saturated heterocycles. The molecule has 2 nitrogen and oxygen atoms in total. The fraction of sp³-hybridized carbons (Fsp3) is 1.00. The van der Waals surface area contributed by atoms with Gasteiger partial charge in [0.15, 0.2) is 5.72 Å². The molecule has 0 aromatic carbocycles. The molecule has 2 atom stereocenters. The number of hydrogen-bond donors (Lipinski definition) is 0. The maximum absolute atomic E-state index is 5.09. The van der Waals surface area contributed by atoms with Gasteiger partial charge in [-0.25, -0.2) is 0 Å². The van der Waals surface area contributed by atoms with E-state index in [9.17, 15) is 0 Å².